The summed E-state index contributed by atoms with van der Waals surface area (Å²) in [6.07, 6.45) is 3.28. The first kappa shape index (κ1) is 28.0. The van der Waals surface area contributed by atoms with Gasteiger partial charge in [-0.25, -0.2) is 4.79 Å². The van der Waals surface area contributed by atoms with Crippen molar-refractivity contribution in [3.05, 3.63) is 41.6 Å². The quantitative estimate of drug-likeness (QED) is 0.577. The first-order valence-corrected chi connectivity index (χ1v) is 14.7. The highest BCUT2D eigenvalue weighted by Gasteiger charge is 2.44. The lowest BCUT2D eigenvalue weighted by atomic mass is 9.84. The average molecular weight is 574 g/mol. The normalized spacial score (nSPS) is 22.0. The van der Waals surface area contributed by atoms with Crippen LogP contribution in [0.3, 0.4) is 0 Å². The molecule has 1 aromatic carbocycles. The van der Waals surface area contributed by atoms with E-state index < -0.39 is 11.7 Å². The maximum atomic E-state index is 13.7. The third-order valence-electron chi connectivity index (χ3n) is 9.29. The Balaban J connectivity index is 1.15. The molecule has 9 nitrogen and oxygen atoms in total. The molecule has 4 aliphatic rings. The van der Waals surface area contributed by atoms with Crippen LogP contribution in [0, 0.1) is 0 Å². The SMILES string of the molecule is CC(=O)Nc1ccn(C(=O)N2CCC3(CCCN3Cc3ccc(C(F)(F)F)cc3N3CCN(C4CC4)CC3)CC2)n1. The Morgan fingerprint density at radius 1 is 1.00 bits per heavy atom. The van der Waals surface area contributed by atoms with E-state index in [9.17, 15) is 22.8 Å². The predicted octanol–water partition coefficient (Wildman–Crippen LogP) is 4.24. The molecule has 2 aromatic rings. The first-order chi connectivity index (χ1) is 19.6. The molecule has 3 saturated heterocycles. The number of likely N-dealkylation sites (tertiary alicyclic amines) is 2. The van der Waals surface area contributed by atoms with Crippen molar-refractivity contribution >= 4 is 23.4 Å². The van der Waals surface area contributed by atoms with Gasteiger partial charge in [0.05, 0.1) is 5.56 Å². The lowest BCUT2D eigenvalue weighted by Gasteiger charge is -2.45. The number of amides is 2. The standard InChI is InChI=1S/C29H38F3N7O2/c1-21(40)33-26-7-12-39(34-26)27(41)37-13-9-28(10-14-37)8-2-11-38(28)20-22-3-4-23(29(30,31)32)19-25(22)36-17-15-35(16-18-36)24-5-6-24/h3-4,7,12,19,24H,2,5-6,8-11,13-18,20H2,1H3,(H,33,34,40). The van der Waals surface area contributed by atoms with Crippen LogP contribution in [-0.2, 0) is 17.5 Å². The molecule has 3 aliphatic heterocycles. The van der Waals surface area contributed by atoms with Gasteiger partial charge < -0.3 is 15.1 Å². The Hall–Kier alpha value is -3.12. The summed E-state index contributed by atoms with van der Waals surface area (Å²) in [4.78, 5) is 33.2. The smallest absolute Gasteiger partial charge is 0.369 e. The lowest BCUT2D eigenvalue weighted by Crippen LogP contribution is -2.53. The van der Waals surface area contributed by atoms with Gasteiger partial charge in [0, 0.05) is 82.3 Å². The fraction of sp³-hybridized carbons (Fsp3) is 0.621. The molecule has 0 bridgehead atoms. The van der Waals surface area contributed by atoms with Gasteiger partial charge in [0.1, 0.15) is 0 Å². The summed E-state index contributed by atoms with van der Waals surface area (Å²) in [5.74, 6) is 0.0863. The summed E-state index contributed by atoms with van der Waals surface area (Å²) in [5, 5.41) is 6.76. The first-order valence-electron chi connectivity index (χ1n) is 14.7. The van der Waals surface area contributed by atoms with Crippen molar-refractivity contribution in [3.8, 4) is 0 Å². The van der Waals surface area contributed by atoms with Crippen molar-refractivity contribution in [1.29, 1.82) is 0 Å². The van der Waals surface area contributed by atoms with Crippen LogP contribution >= 0.6 is 0 Å². The van der Waals surface area contributed by atoms with Crippen molar-refractivity contribution in [3.63, 3.8) is 0 Å². The lowest BCUT2D eigenvalue weighted by molar-refractivity contribution is -0.137. The van der Waals surface area contributed by atoms with Gasteiger partial charge >= 0.3 is 12.2 Å². The molecule has 0 unspecified atom stereocenters. The topological polar surface area (TPSA) is 77.0 Å². The molecule has 222 valence electrons. The molecule has 6 rings (SSSR count). The van der Waals surface area contributed by atoms with Crippen LogP contribution in [0.25, 0.3) is 0 Å². The molecule has 1 saturated carbocycles. The van der Waals surface area contributed by atoms with E-state index >= 15 is 0 Å². The summed E-state index contributed by atoms with van der Waals surface area (Å²) < 4.78 is 42.4. The highest BCUT2D eigenvalue weighted by molar-refractivity contribution is 5.88. The van der Waals surface area contributed by atoms with Gasteiger partial charge in [0.15, 0.2) is 5.82 Å². The minimum absolute atomic E-state index is 0.0765. The number of anilines is 2. The van der Waals surface area contributed by atoms with Crippen molar-refractivity contribution < 1.29 is 22.8 Å². The molecule has 41 heavy (non-hydrogen) atoms. The van der Waals surface area contributed by atoms with Crippen LogP contribution in [0.2, 0.25) is 0 Å². The van der Waals surface area contributed by atoms with Gasteiger partial charge in [-0.1, -0.05) is 6.07 Å². The summed E-state index contributed by atoms with van der Waals surface area (Å²) in [6, 6.07) is 6.29. The number of benzene rings is 1. The molecule has 4 heterocycles. The second-order valence-electron chi connectivity index (χ2n) is 11.9. The number of halogens is 3. The summed E-state index contributed by atoms with van der Waals surface area (Å²) in [6.45, 7) is 7.30. The molecule has 0 radical (unpaired) electrons. The van der Waals surface area contributed by atoms with E-state index in [1.807, 2.05) is 0 Å². The highest BCUT2D eigenvalue weighted by atomic mass is 19.4. The summed E-state index contributed by atoms with van der Waals surface area (Å²) >= 11 is 0. The Labute approximate surface area is 238 Å². The molecular weight excluding hydrogens is 535 g/mol. The van der Waals surface area contributed by atoms with Gasteiger partial charge in [-0.3, -0.25) is 14.6 Å². The zero-order valence-corrected chi connectivity index (χ0v) is 23.5. The maximum Gasteiger partial charge on any atom is 0.416 e. The van der Waals surface area contributed by atoms with Crippen molar-refractivity contribution in [2.45, 2.75) is 69.8 Å². The molecular formula is C29H38F3N7O2. The molecule has 1 N–H and O–H groups in total. The Bertz CT molecular complexity index is 1280. The van der Waals surface area contributed by atoms with Crippen LogP contribution in [0.5, 0.6) is 0 Å². The predicted molar refractivity (Wildman–Crippen MR) is 149 cm³/mol. The van der Waals surface area contributed by atoms with Crippen LogP contribution in [-0.4, -0.2) is 93.8 Å². The van der Waals surface area contributed by atoms with Gasteiger partial charge in [0.25, 0.3) is 0 Å². The van der Waals surface area contributed by atoms with Crippen LogP contribution < -0.4 is 10.2 Å². The Kier molecular flexibility index (Phi) is 7.48. The summed E-state index contributed by atoms with van der Waals surface area (Å²) in [5.41, 5.74) is 0.981. The molecule has 0 atom stereocenters. The average Bonchev–Trinajstić information content (AvgIpc) is 3.59. The van der Waals surface area contributed by atoms with E-state index in [4.69, 9.17) is 0 Å². The number of nitrogens with one attached hydrogen (secondary N) is 1. The number of aromatic nitrogens is 2. The number of nitrogens with zero attached hydrogens (tertiary/aromatic N) is 6. The second-order valence-corrected chi connectivity index (χ2v) is 11.9. The van der Waals surface area contributed by atoms with E-state index in [1.165, 1.54) is 36.6 Å². The van der Waals surface area contributed by atoms with Crippen molar-refractivity contribution in [1.82, 2.24) is 24.5 Å². The fourth-order valence-corrected chi connectivity index (χ4v) is 6.89. The fourth-order valence-electron chi connectivity index (χ4n) is 6.89. The third-order valence-corrected chi connectivity index (χ3v) is 9.29. The highest BCUT2D eigenvalue weighted by Crippen LogP contribution is 2.42. The minimum atomic E-state index is -4.38. The molecule has 4 fully saturated rings. The van der Waals surface area contributed by atoms with Crippen LogP contribution in [0.1, 0.15) is 56.6 Å². The number of carbonyl (C=O) groups excluding carboxylic acids is 2. The number of hydrogen-bond donors (Lipinski definition) is 1. The van der Waals surface area contributed by atoms with E-state index in [-0.39, 0.29) is 17.5 Å². The Morgan fingerprint density at radius 2 is 1.73 bits per heavy atom. The van der Waals surface area contributed by atoms with Crippen molar-refractivity contribution in [2.24, 2.45) is 0 Å². The van der Waals surface area contributed by atoms with Gasteiger partial charge in [-0.05, 0) is 62.8 Å². The monoisotopic (exact) mass is 573 g/mol. The largest absolute Gasteiger partial charge is 0.416 e. The number of piperazine rings is 1. The number of piperidine rings is 1. The molecule has 1 aliphatic carbocycles. The minimum Gasteiger partial charge on any atom is -0.369 e. The van der Waals surface area contributed by atoms with Gasteiger partial charge in [-0.15, -0.1) is 5.10 Å². The van der Waals surface area contributed by atoms with E-state index in [0.717, 1.165) is 64.0 Å². The van der Waals surface area contributed by atoms with Gasteiger partial charge in [0.2, 0.25) is 5.91 Å². The molecule has 12 heteroatoms. The maximum absolute atomic E-state index is 13.7. The molecule has 1 aromatic heterocycles. The molecule has 1 spiro atoms. The van der Waals surface area contributed by atoms with Gasteiger partial charge in [-0.2, -0.15) is 17.9 Å². The summed E-state index contributed by atoms with van der Waals surface area (Å²) in [7, 11) is 0. The Morgan fingerprint density at radius 3 is 2.39 bits per heavy atom. The van der Waals surface area contributed by atoms with Crippen LogP contribution in [0.4, 0.5) is 29.5 Å². The number of hydrogen-bond acceptors (Lipinski definition) is 6. The number of carbonyl (C=O) groups is 2. The third kappa shape index (κ3) is 5.94. The second kappa shape index (κ2) is 10.9. The van der Waals surface area contributed by atoms with Crippen molar-refractivity contribution in [2.75, 3.05) is 56.0 Å². The van der Waals surface area contributed by atoms with E-state index in [1.54, 1.807) is 23.2 Å². The zero-order chi connectivity index (χ0) is 28.8. The number of alkyl halides is 3. The van der Waals surface area contributed by atoms with Crippen LogP contribution in [0.15, 0.2) is 30.5 Å². The number of rotatable bonds is 5. The zero-order valence-electron chi connectivity index (χ0n) is 23.5. The molecule has 2 amide bonds. The van der Waals surface area contributed by atoms with E-state index in [0.29, 0.717) is 37.2 Å². The van der Waals surface area contributed by atoms with E-state index in [2.05, 4.69) is 25.1 Å².